The Labute approximate surface area is 195 Å². The number of hydrogen-bond donors (Lipinski definition) is 1. The molecule has 3 aromatic carbocycles. The van der Waals surface area contributed by atoms with Gasteiger partial charge in [-0.05, 0) is 36.8 Å². The van der Waals surface area contributed by atoms with E-state index in [-0.39, 0.29) is 28.0 Å². The molecule has 0 spiro atoms. The lowest BCUT2D eigenvalue weighted by Crippen LogP contribution is -2.38. The van der Waals surface area contributed by atoms with Crippen LogP contribution in [-0.2, 0) is 16.6 Å². The van der Waals surface area contributed by atoms with Gasteiger partial charge >= 0.3 is 6.18 Å². The topological polar surface area (TPSA) is 74.9 Å². The Morgan fingerprint density at radius 3 is 2.41 bits per heavy atom. The molecule has 0 aliphatic carbocycles. The third-order valence-electron chi connectivity index (χ3n) is 5.44. The van der Waals surface area contributed by atoms with Gasteiger partial charge in [0.05, 0.1) is 16.5 Å². The highest BCUT2D eigenvalue weighted by molar-refractivity contribution is 7.89. The van der Waals surface area contributed by atoms with Crippen molar-refractivity contribution in [3.05, 3.63) is 101 Å². The van der Waals surface area contributed by atoms with Crippen molar-refractivity contribution in [2.45, 2.75) is 30.6 Å². The van der Waals surface area contributed by atoms with E-state index in [1.807, 2.05) is 42.0 Å². The molecular formula is C25H20F3N3O2S. The minimum absolute atomic E-state index is 0.213. The molecule has 0 fully saturated rings. The van der Waals surface area contributed by atoms with Gasteiger partial charge in [0.2, 0.25) is 10.0 Å². The van der Waals surface area contributed by atoms with Crippen molar-refractivity contribution in [2.75, 3.05) is 0 Å². The number of fused-ring (bicyclic) bond motifs is 1. The van der Waals surface area contributed by atoms with Crippen LogP contribution in [0.25, 0.3) is 10.9 Å². The van der Waals surface area contributed by atoms with E-state index in [1.54, 1.807) is 10.6 Å². The van der Waals surface area contributed by atoms with Crippen molar-refractivity contribution >= 4 is 20.9 Å². The van der Waals surface area contributed by atoms with Gasteiger partial charge in [0.15, 0.2) is 0 Å². The highest BCUT2D eigenvalue weighted by Crippen LogP contribution is 2.39. The van der Waals surface area contributed by atoms with Gasteiger partial charge in [-0.15, -0.1) is 0 Å². The van der Waals surface area contributed by atoms with Gasteiger partial charge in [-0.1, -0.05) is 54.1 Å². The van der Waals surface area contributed by atoms with Gasteiger partial charge in [0.25, 0.3) is 0 Å². The van der Waals surface area contributed by atoms with E-state index in [2.05, 4.69) is 0 Å². The lowest BCUT2D eigenvalue weighted by atomic mass is 10.0. The molecule has 9 heteroatoms. The van der Waals surface area contributed by atoms with Crippen LogP contribution < -0.4 is 4.72 Å². The first-order chi connectivity index (χ1) is 16.1. The average molecular weight is 484 g/mol. The van der Waals surface area contributed by atoms with Gasteiger partial charge in [-0.2, -0.15) is 23.2 Å². The van der Waals surface area contributed by atoms with Crippen LogP contribution in [0.4, 0.5) is 13.2 Å². The third kappa shape index (κ3) is 4.83. The smallest absolute Gasteiger partial charge is 0.343 e. The molecule has 0 saturated heterocycles. The molecule has 1 aromatic heterocycles. The second kappa shape index (κ2) is 8.97. The number of sulfonamides is 1. The summed E-state index contributed by atoms with van der Waals surface area (Å²) in [6.45, 7) is 2.16. The zero-order valence-corrected chi connectivity index (χ0v) is 18.9. The van der Waals surface area contributed by atoms with E-state index in [4.69, 9.17) is 0 Å². The van der Waals surface area contributed by atoms with E-state index in [9.17, 15) is 26.9 Å². The molecule has 174 valence electrons. The highest BCUT2D eigenvalue weighted by Gasteiger charge is 2.45. The third-order valence-corrected chi connectivity index (χ3v) is 6.88. The van der Waals surface area contributed by atoms with Crippen LogP contribution in [-0.4, -0.2) is 19.2 Å². The monoisotopic (exact) mass is 483 g/mol. The number of nitrogens with zero attached hydrogens (tertiary/aromatic N) is 2. The zero-order valence-electron chi connectivity index (χ0n) is 18.0. The molecule has 5 nitrogen and oxygen atoms in total. The second-order valence-electron chi connectivity index (χ2n) is 7.95. The number of rotatable bonds is 6. The number of aryl methyl sites for hydroxylation is 1. The number of alkyl halides is 3. The lowest BCUT2D eigenvalue weighted by molar-refractivity contribution is -0.152. The Morgan fingerprint density at radius 2 is 1.76 bits per heavy atom. The summed E-state index contributed by atoms with van der Waals surface area (Å²) < 4.78 is 71.7. The summed E-state index contributed by atoms with van der Waals surface area (Å²) in [5, 5.41) is 9.52. The first kappa shape index (κ1) is 23.5. The van der Waals surface area contributed by atoms with Crippen molar-refractivity contribution in [1.82, 2.24) is 9.29 Å². The Balaban J connectivity index is 1.86. The predicted molar refractivity (Wildman–Crippen MR) is 122 cm³/mol. The van der Waals surface area contributed by atoms with Crippen LogP contribution in [0.5, 0.6) is 0 Å². The van der Waals surface area contributed by atoms with Gasteiger partial charge in [-0.3, -0.25) is 0 Å². The molecule has 0 saturated carbocycles. The maximum atomic E-state index is 14.2. The van der Waals surface area contributed by atoms with Gasteiger partial charge in [0.1, 0.15) is 6.04 Å². The first-order valence-electron chi connectivity index (χ1n) is 10.3. The molecule has 0 radical (unpaired) electrons. The summed E-state index contributed by atoms with van der Waals surface area (Å²) in [6, 6.07) is 18.3. The van der Waals surface area contributed by atoms with E-state index in [0.717, 1.165) is 11.1 Å². The van der Waals surface area contributed by atoms with Crippen molar-refractivity contribution < 1.29 is 21.6 Å². The molecule has 4 aromatic rings. The predicted octanol–water partition coefficient (Wildman–Crippen LogP) is 5.45. The summed E-state index contributed by atoms with van der Waals surface area (Å²) in [6.07, 6.45) is -3.60. The Bertz CT molecular complexity index is 1490. The Morgan fingerprint density at radius 1 is 1.03 bits per heavy atom. The van der Waals surface area contributed by atoms with Crippen molar-refractivity contribution in [2.24, 2.45) is 0 Å². The molecule has 0 bridgehead atoms. The van der Waals surface area contributed by atoms with Gasteiger partial charge < -0.3 is 4.57 Å². The molecule has 1 atom stereocenters. The molecule has 0 amide bonds. The normalized spacial score (nSPS) is 13.0. The number of nitriles is 1. The zero-order chi connectivity index (χ0) is 24.5. The summed E-state index contributed by atoms with van der Waals surface area (Å²) in [7, 11) is -4.46. The molecule has 1 unspecified atom stereocenters. The van der Waals surface area contributed by atoms with E-state index >= 15 is 0 Å². The van der Waals surface area contributed by atoms with Crippen LogP contribution in [0, 0.1) is 18.3 Å². The minimum Gasteiger partial charge on any atom is -0.343 e. The average Bonchev–Trinajstić information content (AvgIpc) is 3.14. The van der Waals surface area contributed by atoms with E-state index < -0.39 is 22.2 Å². The van der Waals surface area contributed by atoms with Gasteiger partial charge in [0, 0.05) is 29.2 Å². The van der Waals surface area contributed by atoms with Crippen LogP contribution in [0.1, 0.15) is 28.3 Å². The molecule has 4 rings (SSSR count). The SMILES string of the molecule is Cc1cccc(Cn2cc(C(NS(=O)(=O)c3ccccc3)C(F)(F)F)c3ccc(C#N)cc32)c1. The summed E-state index contributed by atoms with van der Waals surface area (Å²) in [4.78, 5) is -0.264. The quantitative estimate of drug-likeness (QED) is 0.396. The first-order valence-corrected chi connectivity index (χ1v) is 11.8. The molecular weight excluding hydrogens is 463 g/mol. The van der Waals surface area contributed by atoms with Crippen LogP contribution >= 0.6 is 0 Å². The fraction of sp³-hybridized carbons (Fsp3) is 0.160. The standard InChI is InChI=1S/C25H20F3N3O2S/c1-17-6-5-7-19(12-17)15-31-16-22(21-11-10-18(14-29)13-23(21)31)24(25(26,27)28)30-34(32,33)20-8-3-2-4-9-20/h2-13,16,24,30H,15H2,1H3. The highest BCUT2D eigenvalue weighted by atomic mass is 32.2. The van der Waals surface area contributed by atoms with Crippen molar-refractivity contribution in [3.8, 4) is 6.07 Å². The Hall–Kier alpha value is -3.61. The number of nitrogens with one attached hydrogen (secondary N) is 1. The van der Waals surface area contributed by atoms with E-state index in [1.165, 1.54) is 48.7 Å². The molecule has 1 N–H and O–H groups in total. The van der Waals surface area contributed by atoms with Crippen LogP contribution in [0.15, 0.2) is 83.9 Å². The molecule has 34 heavy (non-hydrogen) atoms. The van der Waals surface area contributed by atoms with Crippen LogP contribution in [0.2, 0.25) is 0 Å². The fourth-order valence-corrected chi connectivity index (χ4v) is 5.11. The summed E-state index contributed by atoms with van der Waals surface area (Å²) in [5.74, 6) is 0. The van der Waals surface area contributed by atoms with Crippen molar-refractivity contribution in [1.29, 1.82) is 5.26 Å². The summed E-state index contributed by atoms with van der Waals surface area (Å²) in [5.41, 5.74) is 2.31. The number of hydrogen-bond acceptors (Lipinski definition) is 3. The van der Waals surface area contributed by atoms with Crippen LogP contribution in [0.3, 0.4) is 0 Å². The number of aromatic nitrogens is 1. The summed E-state index contributed by atoms with van der Waals surface area (Å²) >= 11 is 0. The molecule has 0 aliphatic rings. The van der Waals surface area contributed by atoms with Gasteiger partial charge in [-0.25, -0.2) is 8.42 Å². The largest absolute Gasteiger partial charge is 0.408 e. The maximum Gasteiger partial charge on any atom is 0.408 e. The van der Waals surface area contributed by atoms with E-state index in [0.29, 0.717) is 5.52 Å². The fourth-order valence-electron chi connectivity index (χ4n) is 3.89. The number of benzene rings is 3. The molecule has 1 heterocycles. The second-order valence-corrected chi connectivity index (χ2v) is 9.67. The Kier molecular flexibility index (Phi) is 6.21. The van der Waals surface area contributed by atoms with Crippen molar-refractivity contribution in [3.63, 3.8) is 0 Å². The molecule has 0 aliphatic heterocycles. The number of halogens is 3. The lowest BCUT2D eigenvalue weighted by Gasteiger charge is -2.21. The maximum absolute atomic E-state index is 14.2. The minimum atomic E-state index is -4.90.